The maximum absolute atomic E-state index is 9.97. The normalized spacial score (nSPS) is 10.7. The monoisotopic (exact) mass is 333 g/mol. The van der Waals surface area contributed by atoms with E-state index in [0.717, 1.165) is 12.8 Å². The Kier molecular flexibility index (Phi) is 24.3. The smallest absolute Gasteiger partial charge is 0.469 e. The first-order valence-corrected chi connectivity index (χ1v) is 9.53. The SMILES string of the molecule is CCCCCCCC/C=C\CCCCCCCCNOC(=O)[O-].[Li+]. The van der Waals surface area contributed by atoms with Gasteiger partial charge in [-0.2, -0.15) is 0 Å². The topological polar surface area (TPSA) is 61.4 Å². The molecule has 0 aromatic carbocycles. The Labute approximate surface area is 160 Å². The minimum atomic E-state index is -1.52. The minimum Gasteiger partial charge on any atom is -0.469 e. The van der Waals surface area contributed by atoms with Crippen LogP contribution in [0.4, 0.5) is 4.79 Å². The maximum Gasteiger partial charge on any atom is 1.00 e. The molecular formula is C19H36LiNO3. The molecule has 0 fully saturated rings. The third-order valence-electron chi connectivity index (χ3n) is 3.95. The molecule has 0 heterocycles. The second-order valence-corrected chi connectivity index (χ2v) is 6.18. The molecule has 0 atom stereocenters. The van der Waals surface area contributed by atoms with Crippen LogP contribution in [0, 0.1) is 0 Å². The van der Waals surface area contributed by atoms with Crippen molar-refractivity contribution in [3.63, 3.8) is 0 Å². The average molecular weight is 333 g/mol. The van der Waals surface area contributed by atoms with Gasteiger partial charge in [0, 0.05) is 6.54 Å². The number of carboxylic acid groups (broad SMARTS) is 1. The Hall–Kier alpha value is -0.433. The third-order valence-corrected chi connectivity index (χ3v) is 3.95. The maximum atomic E-state index is 9.97. The molecule has 0 bridgehead atoms. The van der Waals surface area contributed by atoms with Gasteiger partial charge >= 0.3 is 18.9 Å². The van der Waals surface area contributed by atoms with Gasteiger partial charge in [0.15, 0.2) is 0 Å². The predicted molar refractivity (Wildman–Crippen MR) is 93.9 cm³/mol. The van der Waals surface area contributed by atoms with Crippen LogP contribution in [0.5, 0.6) is 0 Å². The Bertz CT molecular complexity index is 286. The van der Waals surface area contributed by atoms with Gasteiger partial charge in [-0.1, -0.05) is 76.9 Å². The molecule has 0 unspecified atom stereocenters. The van der Waals surface area contributed by atoms with Gasteiger partial charge in [0.2, 0.25) is 0 Å². The molecule has 0 aliphatic heterocycles. The van der Waals surface area contributed by atoms with E-state index in [9.17, 15) is 9.90 Å². The van der Waals surface area contributed by atoms with E-state index in [1.165, 1.54) is 77.0 Å². The number of rotatable bonds is 17. The van der Waals surface area contributed by atoms with Gasteiger partial charge in [-0.15, -0.1) is 0 Å². The Morgan fingerprint density at radius 2 is 1.29 bits per heavy atom. The number of carbonyl (C=O) groups is 1. The molecule has 0 saturated heterocycles. The van der Waals surface area contributed by atoms with E-state index >= 15 is 0 Å². The van der Waals surface area contributed by atoms with E-state index < -0.39 is 6.16 Å². The fourth-order valence-corrected chi connectivity index (χ4v) is 2.55. The third kappa shape index (κ3) is 23.8. The summed E-state index contributed by atoms with van der Waals surface area (Å²) in [6.07, 6.45) is 20.9. The second kappa shape index (κ2) is 22.6. The van der Waals surface area contributed by atoms with Gasteiger partial charge in [0.05, 0.1) is 0 Å². The minimum absolute atomic E-state index is 0. The molecule has 0 amide bonds. The zero-order chi connectivity index (χ0) is 17.0. The summed E-state index contributed by atoms with van der Waals surface area (Å²) < 4.78 is 0. The van der Waals surface area contributed by atoms with E-state index in [1.807, 2.05) is 0 Å². The Morgan fingerprint density at radius 3 is 1.79 bits per heavy atom. The van der Waals surface area contributed by atoms with Crippen molar-refractivity contribution in [2.45, 2.75) is 96.8 Å². The molecule has 0 saturated carbocycles. The van der Waals surface area contributed by atoms with Gasteiger partial charge in [-0.3, -0.25) is 0 Å². The number of allylic oxidation sites excluding steroid dienone is 2. The molecule has 0 aromatic heterocycles. The standard InChI is InChI=1S/C19H37NO3.Li/c1-2-3-4-5-6-7-8-9-10-11-12-13-14-15-16-17-18-20-23-19(21)22;/h9-10,20H,2-8,11-18H2,1H3,(H,21,22);/q;+1/p-1/b10-9-;. The van der Waals surface area contributed by atoms with Crippen LogP contribution in [0.3, 0.4) is 0 Å². The molecule has 5 heteroatoms. The number of hydrogen-bond donors (Lipinski definition) is 1. The van der Waals surface area contributed by atoms with Crippen LogP contribution in [-0.4, -0.2) is 12.7 Å². The molecule has 0 aliphatic carbocycles. The van der Waals surface area contributed by atoms with Crippen molar-refractivity contribution in [3.05, 3.63) is 12.2 Å². The van der Waals surface area contributed by atoms with E-state index in [1.54, 1.807) is 0 Å². The first-order valence-electron chi connectivity index (χ1n) is 9.53. The van der Waals surface area contributed by atoms with Crippen LogP contribution in [0.1, 0.15) is 96.8 Å². The van der Waals surface area contributed by atoms with Crippen molar-refractivity contribution in [1.82, 2.24) is 5.48 Å². The Morgan fingerprint density at radius 1 is 0.833 bits per heavy atom. The summed E-state index contributed by atoms with van der Waals surface area (Å²) >= 11 is 0. The molecular weight excluding hydrogens is 297 g/mol. The summed E-state index contributed by atoms with van der Waals surface area (Å²) in [6.45, 7) is 2.82. The molecule has 0 aliphatic rings. The van der Waals surface area contributed by atoms with Crippen molar-refractivity contribution >= 4 is 6.16 Å². The molecule has 0 rings (SSSR count). The van der Waals surface area contributed by atoms with Crippen LogP contribution in [0.25, 0.3) is 0 Å². The van der Waals surface area contributed by atoms with Crippen LogP contribution in [-0.2, 0) is 4.84 Å². The van der Waals surface area contributed by atoms with Gasteiger partial charge in [0.25, 0.3) is 6.16 Å². The van der Waals surface area contributed by atoms with E-state index in [2.05, 4.69) is 29.4 Å². The fourth-order valence-electron chi connectivity index (χ4n) is 2.55. The van der Waals surface area contributed by atoms with Gasteiger partial charge in [0.1, 0.15) is 0 Å². The number of unbranched alkanes of at least 4 members (excludes halogenated alkanes) is 12. The van der Waals surface area contributed by atoms with Gasteiger partial charge in [-0.25, -0.2) is 5.48 Å². The van der Waals surface area contributed by atoms with Crippen LogP contribution >= 0.6 is 0 Å². The molecule has 136 valence electrons. The quantitative estimate of drug-likeness (QED) is 0.191. The number of carbonyl (C=O) groups excluding carboxylic acids is 1. The van der Waals surface area contributed by atoms with Gasteiger partial charge < -0.3 is 14.7 Å². The zero-order valence-electron chi connectivity index (χ0n) is 16.0. The van der Waals surface area contributed by atoms with Crippen LogP contribution in [0.2, 0.25) is 0 Å². The molecule has 24 heavy (non-hydrogen) atoms. The summed E-state index contributed by atoms with van der Waals surface area (Å²) in [7, 11) is 0. The summed E-state index contributed by atoms with van der Waals surface area (Å²) in [5.41, 5.74) is 2.36. The second-order valence-electron chi connectivity index (χ2n) is 6.18. The van der Waals surface area contributed by atoms with Gasteiger partial charge in [-0.05, 0) is 32.1 Å². The molecule has 0 radical (unpaired) electrons. The predicted octanol–water partition coefficient (Wildman–Crippen LogP) is 1.89. The van der Waals surface area contributed by atoms with E-state index in [0.29, 0.717) is 6.54 Å². The number of hydrogen-bond acceptors (Lipinski definition) is 4. The van der Waals surface area contributed by atoms with Crippen molar-refractivity contribution in [2.24, 2.45) is 0 Å². The largest absolute Gasteiger partial charge is 1.00 e. The molecule has 0 aromatic rings. The summed E-state index contributed by atoms with van der Waals surface area (Å²) in [6, 6.07) is 0. The number of nitrogens with one attached hydrogen (secondary N) is 1. The summed E-state index contributed by atoms with van der Waals surface area (Å²) in [5, 5.41) is 9.97. The van der Waals surface area contributed by atoms with Crippen molar-refractivity contribution in [1.29, 1.82) is 0 Å². The van der Waals surface area contributed by atoms with Crippen molar-refractivity contribution in [3.8, 4) is 0 Å². The first kappa shape index (κ1) is 25.8. The number of hydroxylamine groups is 1. The van der Waals surface area contributed by atoms with Crippen LogP contribution < -0.4 is 29.4 Å². The zero-order valence-corrected chi connectivity index (χ0v) is 16.0. The summed E-state index contributed by atoms with van der Waals surface area (Å²) in [5.74, 6) is 0. The average Bonchev–Trinajstić information content (AvgIpc) is 2.53. The molecule has 1 N–H and O–H groups in total. The summed E-state index contributed by atoms with van der Waals surface area (Å²) in [4.78, 5) is 14.1. The van der Waals surface area contributed by atoms with Crippen LogP contribution in [0.15, 0.2) is 12.2 Å². The first-order chi connectivity index (χ1) is 11.3. The molecule has 0 spiro atoms. The molecule has 4 nitrogen and oxygen atoms in total. The van der Waals surface area contributed by atoms with E-state index in [4.69, 9.17) is 0 Å². The van der Waals surface area contributed by atoms with E-state index in [-0.39, 0.29) is 18.9 Å². The van der Waals surface area contributed by atoms with Crippen molar-refractivity contribution in [2.75, 3.05) is 6.54 Å². The Balaban J connectivity index is 0. The fraction of sp³-hybridized carbons (Fsp3) is 0.842. The van der Waals surface area contributed by atoms with Crippen molar-refractivity contribution < 1.29 is 33.6 Å².